The average Bonchev–Trinajstić information content (AvgIpc) is 2.03. The minimum Gasteiger partial charge on any atom is -0.346 e. The van der Waals surface area contributed by atoms with Gasteiger partial charge in [0.1, 0.15) is 0 Å². The highest BCUT2D eigenvalue weighted by molar-refractivity contribution is 5.87. The van der Waals surface area contributed by atoms with Gasteiger partial charge in [-0.2, -0.15) is 0 Å². The van der Waals surface area contributed by atoms with E-state index in [9.17, 15) is 4.79 Å². The van der Waals surface area contributed by atoms with E-state index in [2.05, 4.69) is 25.1 Å². The maximum Gasteiger partial charge on any atom is 0.243 e. The van der Waals surface area contributed by atoms with Crippen LogP contribution < -0.4 is 5.32 Å². The van der Waals surface area contributed by atoms with Gasteiger partial charge in [-0.05, 0) is 12.5 Å². The largest absolute Gasteiger partial charge is 0.346 e. The maximum absolute atomic E-state index is 10.7. The summed E-state index contributed by atoms with van der Waals surface area (Å²) in [5.74, 6) is -0.184. The van der Waals surface area contributed by atoms with Crippen LogP contribution in [0.15, 0.2) is 38.0 Å². The lowest BCUT2D eigenvalue weighted by molar-refractivity contribution is -0.116. The van der Waals surface area contributed by atoms with E-state index in [0.29, 0.717) is 6.42 Å². The van der Waals surface area contributed by atoms with Crippen LogP contribution in [0, 0.1) is 0 Å². The summed E-state index contributed by atoms with van der Waals surface area (Å²) in [4.78, 5) is 10.7. The molecule has 0 aliphatic rings. The third-order valence-corrected chi connectivity index (χ3v) is 1.22. The number of carbonyl (C=O) groups is 1. The molecule has 2 heteroatoms. The molecule has 0 aromatic heterocycles. The third kappa shape index (κ3) is 4.14. The molecule has 0 aromatic rings. The zero-order valence-corrected chi connectivity index (χ0v) is 6.55. The number of nitrogens with one attached hydrogen (secondary N) is 1. The van der Waals surface area contributed by atoms with Crippen molar-refractivity contribution in [3.8, 4) is 0 Å². The van der Waals surface area contributed by atoms with E-state index in [0.717, 1.165) is 0 Å². The summed E-state index contributed by atoms with van der Waals surface area (Å²) in [6, 6.07) is -0.0296. The van der Waals surface area contributed by atoms with Crippen LogP contribution in [0.2, 0.25) is 0 Å². The Morgan fingerprint density at radius 3 is 2.45 bits per heavy atom. The van der Waals surface area contributed by atoms with E-state index in [-0.39, 0.29) is 11.9 Å². The summed E-state index contributed by atoms with van der Waals surface area (Å²) in [7, 11) is 0. The number of hydrogen-bond donors (Lipinski definition) is 1. The van der Waals surface area contributed by atoms with Gasteiger partial charge in [0, 0.05) is 0 Å². The first-order valence-electron chi connectivity index (χ1n) is 3.41. The molecule has 0 radical (unpaired) electrons. The Morgan fingerprint density at radius 1 is 1.45 bits per heavy atom. The van der Waals surface area contributed by atoms with Crippen LogP contribution in [0.3, 0.4) is 0 Å². The minimum absolute atomic E-state index is 0.0296. The van der Waals surface area contributed by atoms with Crippen molar-refractivity contribution in [1.29, 1.82) is 0 Å². The molecular formula is C9H13NO. The Morgan fingerprint density at radius 2 is 2.09 bits per heavy atom. The van der Waals surface area contributed by atoms with Crippen LogP contribution in [0.1, 0.15) is 6.42 Å². The molecule has 0 saturated heterocycles. The molecule has 1 N–H and O–H groups in total. The summed E-state index contributed by atoms with van der Waals surface area (Å²) >= 11 is 0. The first-order chi connectivity index (χ1) is 5.24. The smallest absolute Gasteiger partial charge is 0.243 e. The lowest BCUT2D eigenvalue weighted by atomic mass is 10.2. The van der Waals surface area contributed by atoms with E-state index in [1.807, 2.05) is 0 Å². The van der Waals surface area contributed by atoms with Gasteiger partial charge in [0.15, 0.2) is 0 Å². The van der Waals surface area contributed by atoms with Crippen LogP contribution in [-0.2, 0) is 4.79 Å². The van der Waals surface area contributed by atoms with Crippen molar-refractivity contribution in [1.82, 2.24) is 5.32 Å². The number of amides is 1. The van der Waals surface area contributed by atoms with Crippen molar-refractivity contribution in [2.24, 2.45) is 0 Å². The monoisotopic (exact) mass is 151 g/mol. The van der Waals surface area contributed by atoms with Crippen molar-refractivity contribution in [2.45, 2.75) is 12.5 Å². The van der Waals surface area contributed by atoms with Crippen molar-refractivity contribution >= 4 is 5.91 Å². The molecule has 0 aromatic carbocycles. The van der Waals surface area contributed by atoms with Crippen LogP contribution >= 0.6 is 0 Å². The summed E-state index contributed by atoms with van der Waals surface area (Å²) < 4.78 is 0. The Balaban J connectivity index is 3.85. The maximum atomic E-state index is 10.7. The normalized spacial score (nSPS) is 11.3. The molecule has 0 aliphatic heterocycles. The summed E-state index contributed by atoms with van der Waals surface area (Å²) in [5, 5.41) is 2.67. The zero-order chi connectivity index (χ0) is 8.69. The molecular weight excluding hydrogens is 138 g/mol. The van der Waals surface area contributed by atoms with Crippen LogP contribution in [0.5, 0.6) is 0 Å². The van der Waals surface area contributed by atoms with Gasteiger partial charge >= 0.3 is 0 Å². The second kappa shape index (κ2) is 5.47. The first-order valence-corrected chi connectivity index (χ1v) is 3.41. The van der Waals surface area contributed by atoms with Gasteiger partial charge in [0.05, 0.1) is 6.04 Å². The highest BCUT2D eigenvalue weighted by atomic mass is 16.1. The number of carbonyl (C=O) groups excluding carboxylic acids is 1. The molecule has 2 nitrogen and oxygen atoms in total. The Hall–Kier alpha value is -1.31. The second-order valence-electron chi connectivity index (χ2n) is 2.08. The van der Waals surface area contributed by atoms with E-state index in [4.69, 9.17) is 0 Å². The average molecular weight is 151 g/mol. The fourth-order valence-corrected chi connectivity index (χ4v) is 0.635. The molecule has 0 bridgehead atoms. The summed E-state index contributed by atoms with van der Waals surface area (Å²) in [6.45, 7) is 10.5. The lowest BCUT2D eigenvalue weighted by Crippen LogP contribution is -2.31. The van der Waals surface area contributed by atoms with E-state index < -0.39 is 0 Å². The fourth-order valence-electron chi connectivity index (χ4n) is 0.635. The van der Waals surface area contributed by atoms with Gasteiger partial charge in [-0.1, -0.05) is 18.7 Å². The Bertz CT molecular complexity index is 172. The zero-order valence-electron chi connectivity index (χ0n) is 6.55. The molecule has 1 atom stereocenters. The number of hydrogen-bond acceptors (Lipinski definition) is 1. The van der Waals surface area contributed by atoms with Gasteiger partial charge < -0.3 is 5.32 Å². The predicted molar refractivity (Wildman–Crippen MR) is 47.1 cm³/mol. The van der Waals surface area contributed by atoms with Gasteiger partial charge in [-0.15, -0.1) is 13.2 Å². The molecule has 1 amide bonds. The van der Waals surface area contributed by atoms with Crippen molar-refractivity contribution < 1.29 is 4.79 Å². The van der Waals surface area contributed by atoms with Crippen molar-refractivity contribution in [3.05, 3.63) is 38.0 Å². The van der Waals surface area contributed by atoms with Crippen molar-refractivity contribution in [2.75, 3.05) is 0 Å². The second-order valence-corrected chi connectivity index (χ2v) is 2.08. The van der Waals surface area contributed by atoms with Crippen molar-refractivity contribution in [3.63, 3.8) is 0 Å². The fraction of sp³-hybridized carbons (Fsp3) is 0.222. The van der Waals surface area contributed by atoms with Gasteiger partial charge in [0.25, 0.3) is 0 Å². The molecule has 60 valence electrons. The molecule has 0 aliphatic carbocycles. The SMILES string of the molecule is C=CCC(C=C)NC(=O)C=C. The third-order valence-electron chi connectivity index (χ3n) is 1.22. The molecule has 0 spiro atoms. The molecule has 11 heavy (non-hydrogen) atoms. The predicted octanol–water partition coefficient (Wildman–Crippen LogP) is 1.42. The number of rotatable bonds is 5. The molecule has 1 unspecified atom stereocenters. The van der Waals surface area contributed by atoms with E-state index in [1.54, 1.807) is 12.2 Å². The van der Waals surface area contributed by atoms with Crippen LogP contribution in [0.4, 0.5) is 0 Å². The van der Waals surface area contributed by atoms with Crippen LogP contribution in [0.25, 0.3) is 0 Å². The van der Waals surface area contributed by atoms with Crippen LogP contribution in [-0.4, -0.2) is 11.9 Å². The minimum atomic E-state index is -0.184. The lowest BCUT2D eigenvalue weighted by Gasteiger charge is -2.09. The topological polar surface area (TPSA) is 29.1 Å². The highest BCUT2D eigenvalue weighted by Crippen LogP contribution is 1.92. The van der Waals surface area contributed by atoms with E-state index in [1.165, 1.54) is 6.08 Å². The van der Waals surface area contributed by atoms with Gasteiger partial charge in [0.2, 0.25) is 5.91 Å². The first kappa shape index (κ1) is 9.69. The Kier molecular flexibility index (Phi) is 4.82. The summed E-state index contributed by atoms with van der Waals surface area (Å²) in [5.41, 5.74) is 0. The molecule has 0 heterocycles. The van der Waals surface area contributed by atoms with Gasteiger partial charge in [-0.25, -0.2) is 0 Å². The van der Waals surface area contributed by atoms with Gasteiger partial charge in [-0.3, -0.25) is 4.79 Å². The highest BCUT2D eigenvalue weighted by Gasteiger charge is 2.02. The quantitative estimate of drug-likeness (QED) is 0.467. The standard InChI is InChI=1S/C9H13NO/c1-4-7-8(5-2)10-9(11)6-3/h4-6,8H,1-3,7H2,(H,10,11). The van der Waals surface area contributed by atoms with E-state index >= 15 is 0 Å². The summed E-state index contributed by atoms with van der Waals surface area (Å²) in [6.07, 6.45) is 5.33. The Labute approximate surface area is 67.3 Å². The molecule has 0 rings (SSSR count). The molecule has 0 saturated carbocycles. The molecule has 0 fully saturated rings.